The standard InChI is InChI=1S/C13H14N2O2/c1-10-13(16)15(9-5-4-8-14)11-6-2-3-7-12(11)17-10/h2-3,6-7,10H,4-5,9H2,1H3. The highest BCUT2D eigenvalue weighted by Gasteiger charge is 2.30. The van der Waals surface area contributed by atoms with E-state index in [9.17, 15) is 4.79 Å². The van der Waals surface area contributed by atoms with Crippen molar-refractivity contribution in [2.45, 2.75) is 25.9 Å². The van der Waals surface area contributed by atoms with E-state index in [2.05, 4.69) is 6.07 Å². The van der Waals surface area contributed by atoms with Gasteiger partial charge in [0, 0.05) is 13.0 Å². The average molecular weight is 230 g/mol. The van der Waals surface area contributed by atoms with Crippen molar-refractivity contribution in [2.24, 2.45) is 0 Å². The van der Waals surface area contributed by atoms with E-state index in [-0.39, 0.29) is 5.91 Å². The fraction of sp³-hybridized carbons (Fsp3) is 0.385. The lowest BCUT2D eigenvalue weighted by Gasteiger charge is -2.32. The molecule has 88 valence electrons. The van der Waals surface area contributed by atoms with Crippen molar-refractivity contribution in [1.82, 2.24) is 0 Å². The van der Waals surface area contributed by atoms with E-state index in [0.717, 1.165) is 11.4 Å². The topological polar surface area (TPSA) is 53.3 Å². The highest BCUT2D eigenvalue weighted by molar-refractivity contribution is 5.99. The van der Waals surface area contributed by atoms with Crippen LogP contribution in [-0.4, -0.2) is 18.6 Å². The maximum absolute atomic E-state index is 12.0. The highest BCUT2D eigenvalue weighted by Crippen LogP contribution is 2.33. The lowest BCUT2D eigenvalue weighted by atomic mass is 10.1. The van der Waals surface area contributed by atoms with Crippen molar-refractivity contribution < 1.29 is 9.53 Å². The molecule has 0 saturated heterocycles. The van der Waals surface area contributed by atoms with E-state index in [1.54, 1.807) is 11.8 Å². The first kappa shape index (κ1) is 11.5. The van der Waals surface area contributed by atoms with Crippen LogP contribution in [0.1, 0.15) is 19.8 Å². The van der Waals surface area contributed by atoms with Gasteiger partial charge >= 0.3 is 0 Å². The number of fused-ring (bicyclic) bond motifs is 1. The van der Waals surface area contributed by atoms with Crippen LogP contribution in [0.15, 0.2) is 24.3 Å². The number of ether oxygens (including phenoxy) is 1. The van der Waals surface area contributed by atoms with Crippen LogP contribution in [0.5, 0.6) is 5.75 Å². The number of anilines is 1. The Labute approximate surface area is 100 Å². The zero-order valence-corrected chi connectivity index (χ0v) is 9.72. The quantitative estimate of drug-likeness (QED) is 0.747. The van der Waals surface area contributed by atoms with Crippen molar-refractivity contribution in [3.63, 3.8) is 0 Å². The van der Waals surface area contributed by atoms with E-state index < -0.39 is 6.10 Å². The molecule has 4 heteroatoms. The molecule has 0 saturated carbocycles. The first-order valence-electron chi connectivity index (χ1n) is 5.68. The van der Waals surface area contributed by atoms with Gasteiger partial charge < -0.3 is 9.64 Å². The van der Waals surface area contributed by atoms with Gasteiger partial charge in [0.05, 0.1) is 11.8 Å². The molecule has 0 spiro atoms. The number of carbonyl (C=O) groups is 1. The van der Waals surface area contributed by atoms with Crippen LogP contribution < -0.4 is 9.64 Å². The average Bonchev–Trinajstić information content (AvgIpc) is 2.34. The number of amides is 1. The summed E-state index contributed by atoms with van der Waals surface area (Å²) in [7, 11) is 0. The number of carbonyl (C=O) groups excluding carboxylic acids is 1. The molecule has 0 aliphatic carbocycles. The smallest absolute Gasteiger partial charge is 0.267 e. The highest BCUT2D eigenvalue weighted by atomic mass is 16.5. The summed E-state index contributed by atoms with van der Waals surface area (Å²) in [6.45, 7) is 2.31. The van der Waals surface area contributed by atoms with Crippen LogP contribution in [0.2, 0.25) is 0 Å². The third-order valence-electron chi connectivity index (χ3n) is 2.74. The molecule has 1 aromatic carbocycles. The SMILES string of the molecule is CC1Oc2ccccc2N(CCCC#N)C1=O. The maximum atomic E-state index is 12.0. The molecule has 2 rings (SSSR count). The Balaban J connectivity index is 2.23. The van der Waals surface area contributed by atoms with Crippen LogP contribution in [0.4, 0.5) is 5.69 Å². The lowest BCUT2D eigenvalue weighted by molar-refractivity contribution is -0.125. The maximum Gasteiger partial charge on any atom is 0.267 e. The predicted molar refractivity (Wildman–Crippen MR) is 63.7 cm³/mol. The second-order valence-electron chi connectivity index (χ2n) is 3.98. The number of para-hydroxylation sites is 2. The molecule has 1 heterocycles. The van der Waals surface area contributed by atoms with Crippen molar-refractivity contribution in [3.8, 4) is 11.8 Å². The Morgan fingerprint density at radius 2 is 2.24 bits per heavy atom. The summed E-state index contributed by atoms with van der Waals surface area (Å²) < 4.78 is 5.52. The summed E-state index contributed by atoms with van der Waals surface area (Å²) in [5.74, 6) is 0.693. The summed E-state index contributed by atoms with van der Waals surface area (Å²) in [5.41, 5.74) is 0.800. The number of hydrogen-bond acceptors (Lipinski definition) is 3. The Bertz CT molecular complexity index is 465. The van der Waals surface area contributed by atoms with Crippen LogP contribution in [0, 0.1) is 11.3 Å². The molecular formula is C13H14N2O2. The van der Waals surface area contributed by atoms with Crippen molar-refractivity contribution in [1.29, 1.82) is 5.26 Å². The first-order valence-corrected chi connectivity index (χ1v) is 5.68. The van der Waals surface area contributed by atoms with Gasteiger partial charge in [-0.25, -0.2) is 0 Å². The second kappa shape index (κ2) is 4.88. The lowest BCUT2D eigenvalue weighted by Crippen LogP contribution is -2.44. The summed E-state index contributed by atoms with van der Waals surface area (Å²) in [6, 6.07) is 9.57. The van der Waals surface area contributed by atoms with Crippen molar-refractivity contribution >= 4 is 11.6 Å². The van der Waals surface area contributed by atoms with E-state index in [4.69, 9.17) is 10.00 Å². The van der Waals surface area contributed by atoms with E-state index in [1.807, 2.05) is 24.3 Å². The number of unbranched alkanes of at least 4 members (excludes halogenated alkanes) is 1. The van der Waals surface area contributed by atoms with Crippen LogP contribution in [-0.2, 0) is 4.79 Å². The molecular weight excluding hydrogens is 216 g/mol. The van der Waals surface area contributed by atoms with Gasteiger partial charge in [-0.3, -0.25) is 4.79 Å². The zero-order chi connectivity index (χ0) is 12.3. The summed E-state index contributed by atoms with van der Waals surface area (Å²) in [4.78, 5) is 13.7. The predicted octanol–water partition coefficient (Wildman–Crippen LogP) is 2.10. The molecule has 4 nitrogen and oxygen atoms in total. The molecule has 0 radical (unpaired) electrons. The molecule has 1 unspecified atom stereocenters. The minimum absolute atomic E-state index is 0.0401. The third kappa shape index (κ3) is 2.23. The molecule has 0 N–H and O–H groups in total. The minimum Gasteiger partial charge on any atom is -0.479 e. The number of nitrogens with zero attached hydrogens (tertiary/aromatic N) is 2. The van der Waals surface area contributed by atoms with Gasteiger partial charge in [-0.15, -0.1) is 0 Å². The molecule has 1 amide bonds. The van der Waals surface area contributed by atoms with Crippen molar-refractivity contribution in [2.75, 3.05) is 11.4 Å². The normalized spacial score (nSPS) is 18.2. The van der Waals surface area contributed by atoms with Gasteiger partial charge in [-0.2, -0.15) is 5.26 Å². The Kier molecular flexibility index (Phi) is 3.29. The van der Waals surface area contributed by atoms with E-state index in [1.165, 1.54) is 0 Å². The molecule has 1 atom stereocenters. The first-order chi connectivity index (χ1) is 8.24. The molecule has 1 aromatic rings. The van der Waals surface area contributed by atoms with E-state index >= 15 is 0 Å². The molecule has 17 heavy (non-hydrogen) atoms. The third-order valence-corrected chi connectivity index (χ3v) is 2.74. The van der Waals surface area contributed by atoms with Gasteiger partial charge in [0.15, 0.2) is 6.10 Å². The fourth-order valence-corrected chi connectivity index (χ4v) is 1.91. The largest absolute Gasteiger partial charge is 0.479 e. The number of hydrogen-bond donors (Lipinski definition) is 0. The van der Waals surface area contributed by atoms with Crippen LogP contribution in [0.25, 0.3) is 0 Å². The van der Waals surface area contributed by atoms with Crippen molar-refractivity contribution in [3.05, 3.63) is 24.3 Å². The second-order valence-corrected chi connectivity index (χ2v) is 3.98. The molecule has 0 aromatic heterocycles. The fourth-order valence-electron chi connectivity index (χ4n) is 1.91. The summed E-state index contributed by atoms with van der Waals surface area (Å²) >= 11 is 0. The van der Waals surface area contributed by atoms with Gasteiger partial charge in [0.2, 0.25) is 0 Å². The Morgan fingerprint density at radius 1 is 1.47 bits per heavy atom. The number of rotatable bonds is 3. The van der Waals surface area contributed by atoms with E-state index in [0.29, 0.717) is 19.4 Å². The number of benzene rings is 1. The van der Waals surface area contributed by atoms with Gasteiger partial charge in [-0.1, -0.05) is 12.1 Å². The number of nitriles is 1. The molecule has 0 bridgehead atoms. The van der Waals surface area contributed by atoms with Gasteiger partial charge in [0.1, 0.15) is 5.75 Å². The zero-order valence-electron chi connectivity index (χ0n) is 9.72. The Morgan fingerprint density at radius 3 is 3.00 bits per heavy atom. The molecule has 1 aliphatic heterocycles. The van der Waals surface area contributed by atoms with Gasteiger partial charge in [0.25, 0.3) is 5.91 Å². The molecule has 0 fully saturated rings. The minimum atomic E-state index is -0.452. The van der Waals surface area contributed by atoms with Gasteiger partial charge in [-0.05, 0) is 25.5 Å². The summed E-state index contributed by atoms with van der Waals surface area (Å²) in [5, 5.41) is 8.53. The Hall–Kier alpha value is -2.02. The monoisotopic (exact) mass is 230 g/mol. The summed E-state index contributed by atoms with van der Waals surface area (Å²) in [6.07, 6.45) is 0.691. The van der Waals surface area contributed by atoms with Crippen LogP contribution >= 0.6 is 0 Å². The van der Waals surface area contributed by atoms with Crippen LogP contribution in [0.3, 0.4) is 0 Å². The molecule has 1 aliphatic rings.